The van der Waals surface area contributed by atoms with Gasteiger partial charge in [0.15, 0.2) is 0 Å². The molecule has 0 radical (unpaired) electrons. The molecule has 106 valence electrons. The molecular weight excluding hydrogens is 247 g/mol. The van der Waals surface area contributed by atoms with Gasteiger partial charge in [-0.25, -0.2) is 9.18 Å². The van der Waals surface area contributed by atoms with Crippen molar-refractivity contribution in [3.8, 4) is 0 Å². The summed E-state index contributed by atoms with van der Waals surface area (Å²) < 4.78 is 17.9. The standard InChI is InChI=1S/C14H21FN2O2/c1-9(2)10(7-16)8-17-13-6-11(15)4-5-12(13)14(18)19-3/h4-6,9-10,17H,7-8,16H2,1-3H3. The van der Waals surface area contributed by atoms with Gasteiger partial charge >= 0.3 is 5.97 Å². The van der Waals surface area contributed by atoms with Crippen LogP contribution in [0.3, 0.4) is 0 Å². The first-order valence-corrected chi connectivity index (χ1v) is 6.31. The summed E-state index contributed by atoms with van der Waals surface area (Å²) in [6.07, 6.45) is 0. The quantitative estimate of drug-likeness (QED) is 0.777. The molecule has 0 aromatic heterocycles. The van der Waals surface area contributed by atoms with Crippen LogP contribution < -0.4 is 11.1 Å². The molecule has 0 heterocycles. The van der Waals surface area contributed by atoms with Crippen LogP contribution in [0.25, 0.3) is 0 Å². The van der Waals surface area contributed by atoms with Crippen LogP contribution in [0.4, 0.5) is 10.1 Å². The molecule has 1 atom stereocenters. The van der Waals surface area contributed by atoms with Gasteiger partial charge in [-0.15, -0.1) is 0 Å². The van der Waals surface area contributed by atoms with Gasteiger partial charge < -0.3 is 15.8 Å². The number of halogens is 1. The zero-order chi connectivity index (χ0) is 14.4. The number of carbonyl (C=O) groups excluding carboxylic acids is 1. The third-order valence-electron chi connectivity index (χ3n) is 3.19. The van der Waals surface area contributed by atoms with E-state index in [0.29, 0.717) is 30.3 Å². The molecule has 19 heavy (non-hydrogen) atoms. The number of hydrogen-bond donors (Lipinski definition) is 2. The van der Waals surface area contributed by atoms with E-state index in [2.05, 4.69) is 23.9 Å². The van der Waals surface area contributed by atoms with Gasteiger partial charge in [0.1, 0.15) is 5.82 Å². The number of benzene rings is 1. The molecule has 3 N–H and O–H groups in total. The maximum Gasteiger partial charge on any atom is 0.339 e. The Morgan fingerprint density at radius 2 is 2.16 bits per heavy atom. The van der Waals surface area contributed by atoms with Crippen LogP contribution in [-0.4, -0.2) is 26.2 Å². The van der Waals surface area contributed by atoms with E-state index in [1.165, 1.54) is 25.3 Å². The fourth-order valence-corrected chi connectivity index (χ4v) is 1.78. The molecule has 0 amide bonds. The molecule has 0 saturated carbocycles. The molecule has 0 aliphatic carbocycles. The predicted octanol–water partition coefficient (Wildman–Crippen LogP) is 2.26. The molecule has 4 nitrogen and oxygen atoms in total. The minimum Gasteiger partial charge on any atom is -0.465 e. The molecule has 1 aromatic rings. The van der Waals surface area contributed by atoms with Gasteiger partial charge in [0.05, 0.1) is 18.4 Å². The molecule has 0 bridgehead atoms. The lowest BCUT2D eigenvalue weighted by atomic mass is 9.96. The minimum atomic E-state index is -0.489. The lowest BCUT2D eigenvalue weighted by Crippen LogP contribution is -2.27. The average molecular weight is 268 g/mol. The van der Waals surface area contributed by atoms with Gasteiger partial charge in [-0.2, -0.15) is 0 Å². The van der Waals surface area contributed by atoms with E-state index < -0.39 is 11.8 Å². The molecule has 0 aliphatic heterocycles. The average Bonchev–Trinajstić information content (AvgIpc) is 2.38. The van der Waals surface area contributed by atoms with Crippen LogP contribution in [-0.2, 0) is 4.74 Å². The van der Waals surface area contributed by atoms with Crippen molar-refractivity contribution in [2.45, 2.75) is 13.8 Å². The monoisotopic (exact) mass is 268 g/mol. The van der Waals surface area contributed by atoms with Crippen molar-refractivity contribution in [1.82, 2.24) is 0 Å². The van der Waals surface area contributed by atoms with Crippen LogP contribution in [0.15, 0.2) is 18.2 Å². The second-order valence-corrected chi connectivity index (χ2v) is 4.80. The zero-order valence-electron chi connectivity index (χ0n) is 11.6. The number of hydrogen-bond acceptors (Lipinski definition) is 4. The van der Waals surface area contributed by atoms with E-state index in [0.717, 1.165) is 0 Å². The number of nitrogens with two attached hydrogens (primary N) is 1. The van der Waals surface area contributed by atoms with Crippen molar-refractivity contribution in [2.24, 2.45) is 17.6 Å². The van der Waals surface area contributed by atoms with Gasteiger partial charge in [-0.3, -0.25) is 0 Å². The first-order valence-electron chi connectivity index (χ1n) is 6.31. The summed E-state index contributed by atoms with van der Waals surface area (Å²) >= 11 is 0. The topological polar surface area (TPSA) is 64.3 Å². The fraction of sp³-hybridized carbons (Fsp3) is 0.500. The highest BCUT2D eigenvalue weighted by Crippen LogP contribution is 2.19. The van der Waals surface area contributed by atoms with Crippen LogP contribution in [0.2, 0.25) is 0 Å². The Hall–Kier alpha value is -1.62. The van der Waals surface area contributed by atoms with Crippen molar-refractivity contribution < 1.29 is 13.9 Å². The minimum absolute atomic E-state index is 0.258. The van der Waals surface area contributed by atoms with Crippen molar-refractivity contribution in [2.75, 3.05) is 25.5 Å². The van der Waals surface area contributed by atoms with Gasteiger partial charge in [0.25, 0.3) is 0 Å². The van der Waals surface area contributed by atoms with Crippen molar-refractivity contribution >= 4 is 11.7 Å². The number of methoxy groups -OCH3 is 1. The van der Waals surface area contributed by atoms with Gasteiger partial charge in [-0.05, 0) is 36.6 Å². The van der Waals surface area contributed by atoms with E-state index >= 15 is 0 Å². The van der Waals surface area contributed by atoms with E-state index in [9.17, 15) is 9.18 Å². The molecule has 0 spiro atoms. The summed E-state index contributed by atoms with van der Waals surface area (Å²) in [5.74, 6) is -0.221. The Bertz CT molecular complexity index is 435. The lowest BCUT2D eigenvalue weighted by Gasteiger charge is -2.20. The number of rotatable bonds is 6. The Labute approximate surface area is 113 Å². The third-order valence-corrected chi connectivity index (χ3v) is 3.19. The van der Waals surface area contributed by atoms with Crippen LogP contribution in [0.5, 0.6) is 0 Å². The summed E-state index contributed by atoms with van der Waals surface area (Å²) in [5.41, 5.74) is 6.44. The van der Waals surface area contributed by atoms with Crippen molar-refractivity contribution in [1.29, 1.82) is 0 Å². The Kier molecular flexibility index (Phi) is 5.76. The van der Waals surface area contributed by atoms with E-state index in [1.54, 1.807) is 0 Å². The molecule has 1 rings (SSSR count). The number of anilines is 1. The Balaban J connectivity index is 2.87. The van der Waals surface area contributed by atoms with Gasteiger partial charge in [-0.1, -0.05) is 13.8 Å². The normalized spacial score (nSPS) is 12.3. The molecule has 0 saturated heterocycles. The first kappa shape index (κ1) is 15.4. The highest BCUT2D eigenvalue weighted by atomic mass is 19.1. The molecule has 1 aromatic carbocycles. The summed E-state index contributed by atoms with van der Waals surface area (Å²) in [6, 6.07) is 3.94. The van der Waals surface area contributed by atoms with Gasteiger partial charge in [0.2, 0.25) is 0 Å². The third kappa shape index (κ3) is 4.21. The van der Waals surface area contributed by atoms with Crippen molar-refractivity contribution in [3.63, 3.8) is 0 Å². The van der Waals surface area contributed by atoms with Gasteiger partial charge in [0, 0.05) is 6.54 Å². The largest absolute Gasteiger partial charge is 0.465 e. The SMILES string of the molecule is COC(=O)c1ccc(F)cc1NCC(CN)C(C)C. The highest BCUT2D eigenvalue weighted by molar-refractivity contribution is 5.95. The summed E-state index contributed by atoms with van der Waals surface area (Å²) in [4.78, 5) is 11.6. The maximum absolute atomic E-state index is 13.3. The number of carbonyl (C=O) groups is 1. The maximum atomic E-state index is 13.3. The molecule has 1 unspecified atom stereocenters. The summed E-state index contributed by atoms with van der Waals surface area (Å²) in [6.45, 7) is 5.27. The van der Waals surface area contributed by atoms with Crippen LogP contribution in [0.1, 0.15) is 24.2 Å². The lowest BCUT2D eigenvalue weighted by molar-refractivity contribution is 0.0602. The Morgan fingerprint density at radius 3 is 2.68 bits per heavy atom. The number of ether oxygens (including phenoxy) is 1. The Morgan fingerprint density at radius 1 is 1.47 bits per heavy atom. The fourth-order valence-electron chi connectivity index (χ4n) is 1.78. The van der Waals surface area contributed by atoms with Crippen molar-refractivity contribution in [3.05, 3.63) is 29.6 Å². The molecule has 0 aliphatic rings. The molecular formula is C14H21FN2O2. The summed E-state index contributed by atoms with van der Waals surface area (Å²) in [5, 5.41) is 3.08. The predicted molar refractivity (Wildman–Crippen MR) is 73.6 cm³/mol. The van der Waals surface area contributed by atoms with Crippen LogP contribution >= 0.6 is 0 Å². The summed E-state index contributed by atoms with van der Waals surface area (Å²) in [7, 11) is 1.30. The second kappa shape index (κ2) is 7.09. The van der Waals surface area contributed by atoms with E-state index in [1.807, 2.05) is 0 Å². The zero-order valence-corrected chi connectivity index (χ0v) is 11.6. The first-order chi connectivity index (χ1) is 8.99. The van der Waals surface area contributed by atoms with Crippen LogP contribution in [0, 0.1) is 17.7 Å². The number of esters is 1. The number of nitrogens with one attached hydrogen (secondary N) is 1. The molecule has 5 heteroatoms. The smallest absolute Gasteiger partial charge is 0.339 e. The van der Waals surface area contributed by atoms with E-state index in [-0.39, 0.29) is 5.92 Å². The highest BCUT2D eigenvalue weighted by Gasteiger charge is 2.15. The second-order valence-electron chi connectivity index (χ2n) is 4.80. The van der Waals surface area contributed by atoms with E-state index in [4.69, 9.17) is 5.73 Å². The molecule has 0 fully saturated rings.